The molecule has 0 nitrogen and oxygen atoms in total. The van der Waals surface area contributed by atoms with E-state index in [1.54, 1.807) is 5.56 Å². The maximum absolute atomic E-state index is 3.56. The molecule has 0 aliphatic heterocycles. The Labute approximate surface area is 94.8 Å². The molecule has 0 radical (unpaired) electrons. The van der Waals surface area contributed by atoms with E-state index >= 15 is 0 Å². The fourth-order valence-corrected chi connectivity index (χ4v) is 2.80. The first-order chi connectivity index (χ1) is 6.50. The fourth-order valence-electron chi connectivity index (χ4n) is 2.43. The van der Waals surface area contributed by atoms with Crippen molar-refractivity contribution in [2.45, 2.75) is 44.9 Å². The highest BCUT2D eigenvalue weighted by atomic mass is 79.9. The second kappa shape index (κ2) is 3.37. The number of benzene rings is 1. The van der Waals surface area contributed by atoms with Crippen molar-refractivity contribution in [1.82, 2.24) is 0 Å². The van der Waals surface area contributed by atoms with Crippen LogP contribution in [0.25, 0.3) is 0 Å². The summed E-state index contributed by atoms with van der Waals surface area (Å²) in [5.74, 6) is 0.718. The quantitative estimate of drug-likeness (QED) is 0.632. The predicted molar refractivity (Wildman–Crippen MR) is 64.8 cm³/mol. The normalized spacial score (nSPS) is 24.4. The zero-order valence-electron chi connectivity index (χ0n) is 9.10. The molecule has 14 heavy (non-hydrogen) atoms. The van der Waals surface area contributed by atoms with E-state index in [1.807, 2.05) is 0 Å². The van der Waals surface area contributed by atoms with Gasteiger partial charge < -0.3 is 0 Å². The molecule has 1 aliphatic carbocycles. The highest BCUT2D eigenvalue weighted by molar-refractivity contribution is 9.10. The fraction of sp³-hybridized carbons (Fsp3) is 0.538. The third kappa shape index (κ3) is 1.63. The average Bonchev–Trinajstić information content (AvgIpc) is 2.12. The van der Waals surface area contributed by atoms with E-state index in [1.165, 1.54) is 22.9 Å². The summed E-state index contributed by atoms with van der Waals surface area (Å²) in [6.45, 7) is 7.04. The van der Waals surface area contributed by atoms with E-state index in [4.69, 9.17) is 0 Å². The number of hydrogen-bond acceptors (Lipinski definition) is 0. The van der Waals surface area contributed by atoms with Gasteiger partial charge in [0.2, 0.25) is 0 Å². The van der Waals surface area contributed by atoms with E-state index in [9.17, 15) is 0 Å². The van der Waals surface area contributed by atoms with E-state index in [0.717, 1.165) is 5.92 Å². The van der Waals surface area contributed by atoms with Crippen LogP contribution in [0.3, 0.4) is 0 Å². The molecule has 0 saturated carbocycles. The van der Waals surface area contributed by atoms with Gasteiger partial charge in [-0.25, -0.2) is 0 Å². The van der Waals surface area contributed by atoms with Crippen LogP contribution in [0, 0.1) is 0 Å². The molecule has 0 amide bonds. The topological polar surface area (TPSA) is 0 Å². The Morgan fingerprint density at radius 3 is 2.79 bits per heavy atom. The first kappa shape index (κ1) is 10.2. The first-order valence-electron chi connectivity index (χ1n) is 5.30. The van der Waals surface area contributed by atoms with Crippen LogP contribution in [-0.4, -0.2) is 0 Å². The molecule has 1 aliphatic rings. The second-order valence-corrected chi connectivity index (χ2v) is 5.97. The maximum Gasteiger partial charge on any atom is 0.0178 e. The van der Waals surface area contributed by atoms with Gasteiger partial charge in [-0.05, 0) is 47.4 Å². The Kier molecular flexibility index (Phi) is 2.46. The van der Waals surface area contributed by atoms with Gasteiger partial charge in [-0.3, -0.25) is 0 Å². The standard InChI is InChI=1S/C13H17Br/c1-9-6-7-13(2,3)12-5-4-10(14)8-11(9)12/h4-5,8-9H,6-7H2,1-3H3. The lowest BCUT2D eigenvalue weighted by Gasteiger charge is -2.36. The van der Waals surface area contributed by atoms with Gasteiger partial charge in [0, 0.05) is 4.47 Å². The highest BCUT2D eigenvalue weighted by Crippen LogP contribution is 2.42. The monoisotopic (exact) mass is 252 g/mol. The summed E-state index contributed by atoms with van der Waals surface area (Å²) in [5.41, 5.74) is 3.44. The van der Waals surface area contributed by atoms with E-state index in [2.05, 4.69) is 54.9 Å². The number of hydrogen-bond donors (Lipinski definition) is 0. The van der Waals surface area contributed by atoms with Crippen molar-refractivity contribution in [1.29, 1.82) is 0 Å². The molecular formula is C13H17Br. The Balaban J connectivity index is 2.57. The van der Waals surface area contributed by atoms with Crippen LogP contribution in [0.15, 0.2) is 22.7 Å². The molecule has 0 bridgehead atoms. The molecular weight excluding hydrogens is 236 g/mol. The predicted octanol–water partition coefficient (Wildman–Crippen LogP) is 4.62. The zero-order chi connectivity index (χ0) is 10.3. The highest BCUT2D eigenvalue weighted by Gasteiger charge is 2.30. The Bertz CT molecular complexity index is 352. The molecule has 76 valence electrons. The van der Waals surface area contributed by atoms with Crippen molar-refractivity contribution < 1.29 is 0 Å². The van der Waals surface area contributed by atoms with Crippen molar-refractivity contribution in [2.75, 3.05) is 0 Å². The minimum Gasteiger partial charge on any atom is -0.0584 e. The summed E-state index contributed by atoms with van der Waals surface area (Å²) in [7, 11) is 0. The van der Waals surface area contributed by atoms with E-state index in [-0.39, 0.29) is 0 Å². The summed E-state index contributed by atoms with van der Waals surface area (Å²) >= 11 is 3.56. The van der Waals surface area contributed by atoms with Gasteiger partial charge >= 0.3 is 0 Å². The van der Waals surface area contributed by atoms with Gasteiger partial charge in [0.05, 0.1) is 0 Å². The first-order valence-corrected chi connectivity index (χ1v) is 6.10. The molecule has 0 spiro atoms. The van der Waals surface area contributed by atoms with Gasteiger partial charge in [0.15, 0.2) is 0 Å². The summed E-state index contributed by atoms with van der Waals surface area (Å²) in [6.07, 6.45) is 2.62. The molecule has 0 heterocycles. The number of rotatable bonds is 0. The third-order valence-electron chi connectivity index (χ3n) is 3.48. The van der Waals surface area contributed by atoms with E-state index in [0.29, 0.717) is 5.41 Å². The van der Waals surface area contributed by atoms with Crippen molar-refractivity contribution in [3.05, 3.63) is 33.8 Å². The van der Waals surface area contributed by atoms with Gasteiger partial charge in [-0.15, -0.1) is 0 Å². The minimum absolute atomic E-state index is 0.364. The van der Waals surface area contributed by atoms with Gasteiger partial charge in [-0.2, -0.15) is 0 Å². The Morgan fingerprint density at radius 2 is 2.07 bits per heavy atom. The average molecular weight is 253 g/mol. The lowest BCUT2D eigenvalue weighted by atomic mass is 9.69. The van der Waals surface area contributed by atoms with Crippen molar-refractivity contribution in [3.63, 3.8) is 0 Å². The lowest BCUT2D eigenvalue weighted by Crippen LogP contribution is -2.25. The molecule has 0 fully saturated rings. The number of fused-ring (bicyclic) bond motifs is 1. The van der Waals surface area contributed by atoms with Crippen LogP contribution in [0.4, 0.5) is 0 Å². The molecule has 1 unspecified atom stereocenters. The Morgan fingerprint density at radius 1 is 1.36 bits per heavy atom. The van der Waals surface area contributed by atoms with Crippen molar-refractivity contribution in [2.24, 2.45) is 0 Å². The van der Waals surface area contributed by atoms with Crippen LogP contribution in [-0.2, 0) is 5.41 Å². The molecule has 2 rings (SSSR count). The molecule has 0 aromatic heterocycles. The summed E-state index contributed by atoms with van der Waals surface area (Å²) in [6, 6.07) is 6.74. The summed E-state index contributed by atoms with van der Waals surface area (Å²) in [5, 5.41) is 0. The van der Waals surface area contributed by atoms with Crippen molar-refractivity contribution >= 4 is 15.9 Å². The van der Waals surface area contributed by atoms with Gasteiger partial charge in [-0.1, -0.05) is 42.8 Å². The molecule has 0 saturated heterocycles. The summed E-state index contributed by atoms with van der Waals surface area (Å²) < 4.78 is 1.21. The minimum atomic E-state index is 0.364. The molecule has 1 atom stereocenters. The molecule has 1 heteroatoms. The molecule has 1 aromatic rings. The summed E-state index contributed by atoms with van der Waals surface area (Å²) in [4.78, 5) is 0. The molecule has 1 aromatic carbocycles. The van der Waals surface area contributed by atoms with Crippen LogP contribution in [0.1, 0.15) is 50.7 Å². The van der Waals surface area contributed by atoms with Crippen LogP contribution in [0.2, 0.25) is 0 Å². The smallest absolute Gasteiger partial charge is 0.0178 e. The maximum atomic E-state index is 3.56. The van der Waals surface area contributed by atoms with Crippen LogP contribution >= 0.6 is 15.9 Å². The third-order valence-corrected chi connectivity index (χ3v) is 3.97. The van der Waals surface area contributed by atoms with Crippen LogP contribution < -0.4 is 0 Å². The largest absolute Gasteiger partial charge is 0.0584 e. The van der Waals surface area contributed by atoms with Crippen molar-refractivity contribution in [3.8, 4) is 0 Å². The SMILES string of the molecule is CC1CCC(C)(C)c2ccc(Br)cc21. The molecule has 0 N–H and O–H groups in total. The second-order valence-electron chi connectivity index (χ2n) is 5.06. The van der Waals surface area contributed by atoms with Gasteiger partial charge in [0.1, 0.15) is 0 Å². The van der Waals surface area contributed by atoms with Gasteiger partial charge in [0.25, 0.3) is 0 Å². The Hall–Kier alpha value is -0.300. The lowest BCUT2D eigenvalue weighted by molar-refractivity contribution is 0.402. The zero-order valence-corrected chi connectivity index (χ0v) is 10.7. The van der Waals surface area contributed by atoms with E-state index < -0.39 is 0 Å². The van der Waals surface area contributed by atoms with Crippen LogP contribution in [0.5, 0.6) is 0 Å². The number of halogens is 1.